The van der Waals surface area contributed by atoms with Crippen LogP contribution in [0.5, 0.6) is 0 Å². The maximum atomic E-state index is 12.4. The zero-order valence-corrected chi connectivity index (χ0v) is 13.2. The lowest BCUT2D eigenvalue weighted by Gasteiger charge is -2.30. The normalized spacial score (nSPS) is 26.8. The highest BCUT2D eigenvalue weighted by molar-refractivity contribution is 7.16. The van der Waals surface area contributed by atoms with Crippen molar-refractivity contribution in [1.29, 1.82) is 0 Å². The van der Waals surface area contributed by atoms with Crippen LogP contribution in [0, 0.1) is 5.92 Å². The van der Waals surface area contributed by atoms with Crippen LogP contribution in [0.1, 0.15) is 22.6 Å². The van der Waals surface area contributed by atoms with Crippen LogP contribution < -0.4 is 5.32 Å². The van der Waals surface area contributed by atoms with Crippen LogP contribution in [0.3, 0.4) is 0 Å². The highest BCUT2D eigenvalue weighted by Crippen LogP contribution is 2.28. The number of nitrogens with zero attached hydrogens (tertiary/aromatic N) is 2. The van der Waals surface area contributed by atoms with Gasteiger partial charge in [-0.25, -0.2) is 4.98 Å². The summed E-state index contributed by atoms with van der Waals surface area (Å²) >= 11 is 1.46. The highest BCUT2D eigenvalue weighted by Gasteiger charge is 2.33. The van der Waals surface area contributed by atoms with E-state index in [0.717, 1.165) is 29.3 Å². The Morgan fingerprint density at radius 2 is 2.14 bits per heavy atom. The van der Waals surface area contributed by atoms with E-state index in [0.29, 0.717) is 5.01 Å². The van der Waals surface area contributed by atoms with E-state index in [9.17, 15) is 4.79 Å². The summed E-state index contributed by atoms with van der Waals surface area (Å²) in [5.41, 5.74) is 1.11. The predicted octanol–water partition coefficient (Wildman–Crippen LogP) is 2.63. The van der Waals surface area contributed by atoms with Crippen LogP contribution in [0.4, 0.5) is 0 Å². The zero-order chi connectivity index (χ0) is 14.9. The Kier molecular flexibility index (Phi) is 3.68. The molecule has 4 nitrogen and oxygen atoms in total. The number of rotatable bonds is 3. The third-order valence-corrected chi connectivity index (χ3v) is 5.61. The Morgan fingerprint density at radius 1 is 1.27 bits per heavy atom. The van der Waals surface area contributed by atoms with Crippen molar-refractivity contribution in [3.05, 3.63) is 41.5 Å². The molecule has 5 heteroatoms. The van der Waals surface area contributed by atoms with Gasteiger partial charge in [-0.2, -0.15) is 0 Å². The third kappa shape index (κ3) is 2.78. The molecule has 114 valence electrons. The fourth-order valence-electron chi connectivity index (χ4n) is 3.53. The maximum absolute atomic E-state index is 12.4. The van der Waals surface area contributed by atoms with Crippen molar-refractivity contribution in [3.63, 3.8) is 0 Å². The summed E-state index contributed by atoms with van der Waals surface area (Å²) in [5.74, 6) is 0.731. The van der Waals surface area contributed by atoms with Gasteiger partial charge >= 0.3 is 0 Å². The lowest BCUT2D eigenvalue weighted by atomic mass is 9.97. The first-order valence-corrected chi connectivity index (χ1v) is 8.64. The number of piperidine rings is 1. The van der Waals surface area contributed by atoms with Gasteiger partial charge in [0.2, 0.25) is 0 Å². The molecule has 3 unspecified atom stereocenters. The lowest BCUT2D eigenvalue weighted by molar-refractivity contribution is 0.0909. The first-order valence-electron chi connectivity index (χ1n) is 7.82. The fourth-order valence-corrected chi connectivity index (χ4v) is 4.35. The maximum Gasteiger partial charge on any atom is 0.280 e. The van der Waals surface area contributed by atoms with E-state index in [2.05, 4.69) is 15.2 Å². The summed E-state index contributed by atoms with van der Waals surface area (Å²) < 4.78 is 0. The third-order valence-electron chi connectivity index (χ3n) is 4.56. The number of nitrogens with one attached hydrogen (secondary N) is 1. The molecule has 0 aliphatic carbocycles. The Morgan fingerprint density at radius 3 is 2.95 bits per heavy atom. The molecule has 2 saturated heterocycles. The molecule has 3 atom stereocenters. The summed E-state index contributed by atoms with van der Waals surface area (Å²) in [6.07, 6.45) is 4.18. The Hall–Kier alpha value is -1.72. The van der Waals surface area contributed by atoms with Crippen molar-refractivity contribution in [2.75, 3.05) is 19.6 Å². The molecular formula is C17H19N3OS. The van der Waals surface area contributed by atoms with Crippen LogP contribution in [0.15, 0.2) is 36.5 Å². The average Bonchev–Trinajstić information content (AvgIpc) is 3.15. The second-order valence-corrected chi connectivity index (χ2v) is 7.25. The summed E-state index contributed by atoms with van der Waals surface area (Å²) in [6.45, 7) is 3.38. The van der Waals surface area contributed by atoms with Crippen molar-refractivity contribution in [3.8, 4) is 10.4 Å². The Labute approximate surface area is 134 Å². The number of carbonyl (C=O) groups is 1. The van der Waals surface area contributed by atoms with Gasteiger partial charge in [0.05, 0.1) is 4.88 Å². The SMILES string of the molecule is O=C(NC1CC2CCN(C2)C1)c1ncc(-c2ccccc2)s1. The number of carbonyl (C=O) groups excluding carboxylic acids is 1. The molecule has 1 N–H and O–H groups in total. The van der Waals surface area contributed by atoms with Crippen molar-refractivity contribution in [1.82, 2.24) is 15.2 Å². The van der Waals surface area contributed by atoms with Crippen molar-refractivity contribution in [2.45, 2.75) is 18.9 Å². The summed E-state index contributed by atoms with van der Waals surface area (Å²) in [6, 6.07) is 10.4. The minimum absolute atomic E-state index is 0.0281. The van der Waals surface area contributed by atoms with Gasteiger partial charge in [0, 0.05) is 25.3 Å². The molecule has 4 rings (SSSR count). The molecule has 0 spiro atoms. The van der Waals surface area contributed by atoms with E-state index >= 15 is 0 Å². The van der Waals surface area contributed by atoms with Crippen LogP contribution in [-0.4, -0.2) is 41.5 Å². The molecule has 22 heavy (non-hydrogen) atoms. The molecule has 0 radical (unpaired) electrons. The summed E-state index contributed by atoms with van der Waals surface area (Å²) in [5, 5.41) is 3.73. The largest absolute Gasteiger partial charge is 0.346 e. The van der Waals surface area contributed by atoms with Gasteiger partial charge < -0.3 is 10.2 Å². The first kappa shape index (κ1) is 13.9. The molecule has 2 fully saturated rings. The zero-order valence-electron chi connectivity index (χ0n) is 12.4. The lowest BCUT2D eigenvalue weighted by Crippen LogP contribution is -2.46. The van der Waals surface area contributed by atoms with Gasteiger partial charge in [0.15, 0.2) is 5.01 Å². The predicted molar refractivity (Wildman–Crippen MR) is 88.0 cm³/mol. The van der Waals surface area contributed by atoms with E-state index in [1.54, 1.807) is 6.20 Å². The molecule has 1 amide bonds. The molecule has 2 aliphatic heterocycles. The van der Waals surface area contributed by atoms with Crippen molar-refractivity contribution in [2.24, 2.45) is 5.92 Å². The average molecular weight is 313 g/mol. The van der Waals surface area contributed by atoms with E-state index in [1.807, 2.05) is 30.3 Å². The van der Waals surface area contributed by atoms with E-state index in [4.69, 9.17) is 0 Å². The van der Waals surface area contributed by atoms with Gasteiger partial charge in [-0.15, -0.1) is 11.3 Å². The molecule has 3 heterocycles. The molecular weight excluding hydrogens is 294 g/mol. The van der Waals surface area contributed by atoms with Gasteiger partial charge in [-0.3, -0.25) is 4.79 Å². The smallest absolute Gasteiger partial charge is 0.280 e. The van der Waals surface area contributed by atoms with Gasteiger partial charge in [0.25, 0.3) is 5.91 Å². The number of fused-ring (bicyclic) bond motifs is 2. The molecule has 1 aromatic carbocycles. The first-order chi connectivity index (χ1) is 10.8. The molecule has 1 aromatic heterocycles. The highest BCUT2D eigenvalue weighted by atomic mass is 32.1. The quantitative estimate of drug-likeness (QED) is 0.947. The molecule has 2 bridgehead atoms. The number of aromatic nitrogens is 1. The monoisotopic (exact) mass is 313 g/mol. The number of thiazole rings is 1. The van der Waals surface area contributed by atoms with E-state index in [-0.39, 0.29) is 11.9 Å². The minimum Gasteiger partial charge on any atom is -0.346 e. The van der Waals surface area contributed by atoms with Gasteiger partial charge in [-0.1, -0.05) is 30.3 Å². The van der Waals surface area contributed by atoms with Crippen LogP contribution in [0.2, 0.25) is 0 Å². The standard InChI is InChI=1S/C17H19N3OS/c21-16(19-14-8-12-6-7-20(10-12)11-14)17-18-9-15(22-17)13-4-2-1-3-5-13/h1-5,9,12,14H,6-8,10-11H2,(H,19,21). The minimum atomic E-state index is -0.0281. The Balaban J connectivity index is 1.44. The summed E-state index contributed by atoms with van der Waals surface area (Å²) in [7, 11) is 0. The van der Waals surface area contributed by atoms with Crippen LogP contribution >= 0.6 is 11.3 Å². The van der Waals surface area contributed by atoms with Crippen molar-refractivity contribution < 1.29 is 4.79 Å². The topological polar surface area (TPSA) is 45.2 Å². The number of hydrogen-bond donors (Lipinski definition) is 1. The van der Waals surface area contributed by atoms with E-state index < -0.39 is 0 Å². The van der Waals surface area contributed by atoms with E-state index in [1.165, 1.54) is 30.8 Å². The molecule has 2 aliphatic rings. The molecule has 0 saturated carbocycles. The van der Waals surface area contributed by atoms with Crippen LogP contribution in [-0.2, 0) is 0 Å². The molecule has 2 aromatic rings. The number of hydrogen-bond acceptors (Lipinski definition) is 4. The van der Waals surface area contributed by atoms with Crippen LogP contribution in [0.25, 0.3) is 10.4 Å². The van der Waals surface area contributed by atoms with Gasteiger partial charge in [-0.05, 0) is 30.9 Å². The summed E-state index contributed by atoms with van der Waals surface area (Å²) in [4.78, 5) is 20.2. The number of benzene rings is 1. The number of amides is 1. The second kappa shape index (κ2) is 5.82. The van der Waals surface area contributed by atoms with Gasteiger partial charge in [0.1, 0.15) is 0 Å². The second-order valence-electron chi connectivity index (χ2n) is 6.22. The Bertz CT molecular complexity index is 658. The van der Waals surface area contributed by atoms with Crippen molar-refractivity contribution >= 4 is 17.2 Å². The fraction of sp³-hybridized carbons (Fsp3) is 0.412.